The summed E-state index contributed by atoms with van der Waals surface area (Å²) in [5.41, 5.74) is -0.428. The van der Waals surface area contributed by atoms with E-state index in [1.807, 2.05) is 20.8 Å². The first-order valence-electron chi connectivity index (χ1n) is 8.46. The van der Waals surface area contributed by atoms with Crippen LogP contribution in [0.25, 0.3) is 0 Å². The summed E-state index contributed by atoms with van der Waals surface area (Å²) in [6.45, 7) is 9.64. The van der Waals surface area contributed by atoms with Crippen LogP contribution in [0.3, 0.4) is 0 Å². The first-order chi connectivity index (χ1) is 9.87. The quantitative estimate of drug-likeness (QED) is 0.774. The molecule has 1 saturated carbocycles. The highest BCUT2D eigenvalue weighted by molar-refractivity contribution is 5.69. The van der Waals surface area contributed by atoms with Gasteiger partial charge in [0, 0.05) is 25.3 Å². The number of amides is 1. The number of rotatable bonds is 2. The summed E-state index contributed by atoms with van der Waals surface area (Å²) < 4.78 is 11.1. The summed E-state index contributed by atoms with van der Waals surface area (Å²) in [4.78, 5) is 14.8. The van der Waals surface area contributed by atoms with E-state index < -0.39 is 5.60 Å². The molecule has 4 nitrogen and oxygen atoms in total. The molecule has 122 valence electrons. The van der Waals surface area contributed by atoms with Crippen LogP contribution >= 0.6 is 0 Å². The summed E-state index contributed by atoms with van der Waals surface area (Å²) in [7, 11) is 0. The van der Waals surface area contributed by atoms with Crippen molar-refractivity contribution in [3.8, 4) is 0 Å². The van der Waals surface area contributed by atoms with Crippen LogP contribution in [0.15, 0.2) is 0 Å². The minimum Gasteiger partial charge on any atom is -0.444 e. The number of hydrogen-bond acceptors (Lipinski definition) is 3. The molecule has 0 radical (unpaired) electrons. The molecule has 4 heteroatoms. The van der Waals surface area contributed by atoms with Crippen LogP contribution in [0.2, 0.25) is 0 Å². The van der Waals surface area contributed by atoms with Gasteiger partial charge in [0.15, 0.2) is 0 Å². The third-order valence-electron chi connectivity index (χ3n) is 4.57. The van der Waals surface area contributed by atoms with Crippen molar-refractivity contribution in [1.29, 1.82) is 0 Å². The van der Waals surface area contributed by atoms with Gasteiger partial charge < -0.3 is 14.4 Å². The number of hydrogen-bond donors (Lipinski definition) is 0. The molecule has 2 aliphatic rings. The van der Waals surface area contributed by atoms with Gasteiger partial charge in [0.25, 0.3) is 0 Å². The molecule has 1 saturated heterocycles. The van der Waals surface area contributed by atoms with Crippen molar-refractivity contribution < 1.29 is 14.3 Å². The van der Waals surface area contributed by atoms with Crippen molar-refractivity contribution in [2.24, 2.45) is 5.92 Å². The molecule has 1 aliphatic heterocycles. The molecule has 1 amide bonds. The van der Waals surface area contributed by atoms with Crippen molar-refractivity contribution in [3.63, 3.8) is 0 Å². The Bertz CT molecular complexity index is 336. The van der Waals surface area contributed by atoms with E-state index in [0.717, 1.165) is 44.8 Å². The highest BCUT2D eigenvalue weighted by atomic mass is 16.6. The van der Waals surface area contributed by atoms with Gasteiger partial charge in [-0.15, -0.1) is 0 Å². The number of nitrogens with zero attached hydrogens (tertiary/aromatic N) is 1. The number of ether oxygens (including phenoxy) is 2. The van der Waals surface area contributed by atoms with Gasteiger partial charge in [-0.2, -0.15) is 0 Å². The van der Waals surface area contributed by atoms with Crippen molar-refractivity contribution in [3.05, 3.63) is 0 Å². The van der Waals surface area contributed by atoms with Crippen molar-refractivity contribution in [2.75, 3.05) is 13.2 Å². The van der Waals surface area contributed by atoms with E-state index in [1.54, 1.807) is 0 Å². The van der Waals surface area contributed by atoms with Gasteiger partial charge in [-0.1, -0.05) is 6.92 Å². The van der Waals surface area contributed by atoms with Gasteiger partial charge in [0.05, 0.1) is 0 Å². The van der Waals surface area contributed by atoms with E-state index in [4.69, 9.17) is 9.47 Å². The van der Waals surface area contributed by atoms with E-state index in [1.165, 1.54) is 12.8 Å². The van der Waals surface area contributed by atoms with Gasteiger partial charge in [0.1, 0.15) is 5.60 Å². The second-order valence-electron chi connectivity index (χ2n) is 7.64. The Morgan fingerprint density at radius 2 is 1.52 bits per heavy atom. The standard InChI is InChI=1S/C17H31NO3/c1-13-5-7-14(8-6-13)18(15-9-11-20-12-10-15)16(19)21-17(2,3)4/h13-15H,5-12H2,1-4H3. The minimum absolute atomic E-state index is 0.131. The highest BCUT2D eigenvalue weighted by Crippen LogP contribution is 2.31. The van der Waals surface area contributed by atoms with Crippen molar-refractivity contribution >= 4 is 6.09 Å². The van der Waals surface area contributed by atoms with E-state index in [-0.39, 0.29) is 12.1 Å². The Morgan fingerprint density at radius 3 is 2.05 bits per heavy atom. The fraction of sp³-hybridized carbons (Fsp3) is 0.941. The largest absolute Gasteiger partial charge is 0.444 e. The zero-order valence-corrected chi connectivity index (χ0v) is 14.1. The average molecular weight is 297 g/mol. The Morgan fingerprint density at radius 1 is 1.00 bits per heavy atom. The topological polar surface area (TPSA) is 38.8 Å². The van der Waals surface area contributed by atoms with Crippen LogP contribution in [0.1, 0.15) is 66.2 Å². The first-order valence-corrected chi connectivity index (χ1v) is 8.46. The lowest BCUT2D eigenvalue weighted by atomic mass is 9.85. The fourth-order valence-corrected chi connectivity index (χ4v) is 3.39. The Kier molecular flexibility index (Phi) is 5.53. The monoisotopic (exact) mass is 297 g/mol. The van der Waals surface area contributed by atoms with Crippen molar-refractivity contribution in [1.82, 2.24) is 4.90 Å². The molecule has 21 heavy (non-hydrogen) atoms. The van der Waals surface area contributed by atoms with E-state index in [0.29, 0.717) is 6.04 Å². The van der Waals surface area contributed by atoms with Crippen LogP contribution in [0.4, 0.5) is 4.79 Å². The third kappa shape index (κ3) is 4.87. The summed E-state index contributed by atoms with van der Waals surface area (Å²) in [6, 6.07) is 0.631. The zero-order valence-electron chi connectivity index (χ0n) is 14.1. The predicted octanol–water partition coefficient (Wildman–Crippen LogP) is 3.98. The molecule has 0 bridgehead atoms. The van der Waals surface area contributed by atoms with Crippen LogP contribution in [0.5, 0.6) is 0 Å². The van der Waals surface area contributed by atoms with E-state index in [2.05, 4.69) is 11.8 Å². The molecular weight excluding hydrogens is 266 g/mol. The molecule has 2 rings (SSSR count). The molecule has 0 aromatic rings. The fourth-order valence-electron chi connectivity index (χ4n) is 3.39. The molecule has 0 aromatic carbocycles. The molecular formula is C17H31NO3. The molecule has 0 spiro atoms. The summed E-state index contributed by atoms with van der Waals surface area (Å²) in [5, 5.41) is 0. The molecule has 1 heterocycles. The van der Waals surface area contributed by atoms with Crippen LogP contribution in [0, 0.1) is 5.92 Å². The molecule has 0 N–H and O–H groups in total. The summed E-state index contributed by atoms with van der Waals surface area (Å²) >= 11 is 0. The lowest BCUT2D eigenvalue weighted by Crippen LogP contribution is -2.51. The normalized spacial score (nSPS) is 28.2. The third-order valence-corrected chi connectivity index (χ3v) is 4.57. The second kappa shape index (κ2) is 6.99. The van der Waals surface area contributed by atoms with Crippen molar-refractivity contribution in [2.45, 2.75) is 83.9 Å². The first kappa shape index (κ1) is 16.6. The van der Waals surface area contributed by atoms with Crippen LogP contribution in [-0.2, 0) is 9.47 Å². The Hall–Kier alpha value is -0.770. The highest BCUT2D eigenvalue weighted by Gasteiger charge is 2.36. The minimum atomic E-state index is -0.428. The van der Waals surface area contributed by atoms with Crippen LogP contribution < -0.4 is 0 Å². The Balaban J connectivity index is 2.07. The Labute approximate surface area is 129 Å². The molecule has 1 aliphatic carbocycles. The van der Waals surface area contributed by atoms with E-state index in [9.17, 15) is 4.79 Å². The maximum Gasteiger partial charge on any atom is 0.410 e. The molecule has 2 fully saturated rings. The van der Waals surface area contributed by atoms with Gasteiger partial charge >= 0.3 is 6.09 Å². The van der Waals surface area contributed by atoms with Gasteiger partial charge in [0.2, 0.25) is 0 Å². The number of carbonyl (C=O) groups excluding carboxylic acids is 1. The SMILES string of the molecule is CC1CCC(N(C(=O)OC(C)(C)C)C2CCOCC2)CC1. The lowest BCUT2D eigenvalue weighted by Gasteiger charge is -2.42. The summed E-state index contributed by atoms with van der Waals surface area (Å²) in [6.07, 6.45) is 6.39. The lowest BCUT2D eigenvalue weighted by molar-refractivity contribution is -0.0247. The van der Waals surface area contributed by atoms with Crippen LogP contribution in [-0.4, -0.2) is 41.9 Å². The zero-order chi connectivity index (χ0) is 15.5. The smallest absolute Gasteiger partial charge is 0.410 e. The van der Waals surface area contributed by atoms with Gasteiger partial charge in [-0.3, -0.25) is 0 Å². The maximum atomic E-state index is 12.7. The maximum absolute atomic E-state index is 12.7. The van der Waals surface area contributed by atoms with Gasteiger partial charge in [-0.05, 0) is 65.2 Å². The second-order valence-corrected chi connectivity index (χ2v) is 7.64. The molecule has 0 atom stereocenters. The number of carbonyl (C=O) groups is 1. The van der Waals surface area contributed by atoms with Gasteiger partial charge in [-0.25, -0.2) is 4.79 Å². The van der Waals surface area contributed by atoms with E-state index >= 15 is 0 Å². The predicted molar refractivity (Wildman–Crippen MR) is 83.3 cm³/mol. The molecule has 0 aromatic heterocycles. The average Bonchev–Trinajstić information content (AvgIpc) is 2.40. The summed E-state index contributed by atoms with van der Waals surface area (Å²) in [5.74, 6) is 0.788. The molecule has 0 unspecified atom stereocenters.